The van der Waals surface area contributed by atoms with E-state index < -0.39 is 13.9 Å². The first-order chi connectivity index (χ1) is 30.6. The van der Waals surface area contributed by atoms with Crippen LogP contribution in [0.4, 0.5) is 0 Å². The Morgan fingerprint density at radius 1 is 0.492 bits per heavy atom. The molecule has 0 amide bonds. The summed E-state index contributed by atoms with van der Waals surface area (Å²) in [6, 6.07) is 0. The Bertz CT molecular complexity index is 1060. The van der Waals surface area contributed by atoms with Crippen LogP contribution in [0.5, 0.6) is 0 Å². The Hall–Kier alpha value is -1.02. The zero-order valence-electron chi connectivity index (χ0n) is 42.5. The lowest BCUT2D eigenvalue weighted by Gasteiger charge is -2.28. The average molecular weight is 912 g/mol. The van der Waals surface area contributed by atoms with E-state index in [9.17, 15) is 14.3 Å². The van der Waals surface area contributed by atoms with Crippen LogP contribution in [0.3, 0.4) is 0 Å². The van der Waals surface area contributed by atoms with Crippen LogP contribution in [-0.4, -0.2) is 70.7 Å². The van der Waals surface area contributed by atoms with Gasteiger partial charge in [0.1, 0.15) is 19.3 Å². The van der Waals surface area contributed by atoms with E-state index in [0.29, 0.717) is 24.1 Å². The molecule has 374 valence electrons. The van der Waals surface area contributed by atoms with Gasteiger partial charge in [-0.2, -0.15) is 0 Å². The molecule has 8 nitrogen and oxygen atoms in total. The summed E-state index contributed by atoms with van der Waals surface area (Å²) in [5.41, 5.74) is 0. The maximum Gasteiger partial charge on any atom is 0.306 e. The van der Waals surface area contributed by atoms with Gasteiger partial charge in [0.2, 0.25) is 0 Å². The van der Waals surface area contributed by atoms with Crippen LogP contribution in [0.2, 0.25) is 0 Å². The third-order valence-electron chi connectivity index (χ3n) is 12.0. The molecule has 2 unspecified atom stereocenters. The molecule has 0 saturated carbocycles. The van der Waals surface area contributed by atoms with Gasteiger partial charge in [-0.3, -0.25) is 9.36 Å². The van der Waals surface area contributed by atoms with Gasteiger partial charge in [-0.05, 0) is 44.9 Å². The van der Waals surface area contributed by atoms with Crippen LogP contribution >= 0.6 is 7.82 Å². The lowest BCUT2D eigenvalue weighted by atomic mass is 10.0. The highest BCUT2D eigenvalue weighted by Gasteiger charge is 2.20. The number of nitrogens with zero attached hydrogens (tertiary/aromatic N) is 1. The predicted octanol–water partition coefficient (Wildman–Crippen LogP) is 16.1. The van der Waals surface area contributed by atoms with Crippen molar-refractivity contribution >= 4 is 13.8 Å². The Kier molecular flexibility index (Phi) is 46.7. The third-order valence-corrected chi connectivity index (χ3v) is 13.0. The molecule has 0 spiro atoms. The summed E-state index contributed by atoms with van der Waals surface area (Å²) in [5.74, 6) is -0.336. The summed E-state index contributed by atoms with van der Waals surface area (Å²) in [6.45, 7) is 5.44. The molecule has 0 aromatic carbocycles. The third kappa shape index (κ3) is 51.8. The first-order valence-electron chi connectivity index (χ1n) is 27.1. The van der Waals surface area contributed by atoms with Crippen LogP contribution in [-0.2, 0) is 27.9 Å². The second-order valence-corrected chi connectivity index (χ2v) is 21.0. The molecule has 0 aromatic heterocycles. The van der Waals surface area contributed by atoms with Crippen molar-refractivity contribution in [3.05, 3.63) is 24.3 Å². The number of phosphoric acid groups is 1. The zero-order valence-corrected chi connectivity index (χ0v) is 43.4. The Labute approximate surface area is 392 Å². The molecule has 0 aromatic rings. The maximum absolute atomic E-state index is 12.7. The van der Waals surface area contributed by atoms with E-state index in [2.05, 4.69) is 38.2 Å². The minimum absolute atomic E-state index is 0.0268. The zero-order chi connectivity index (χ0) is 46.2. The van der Waals surface area contributed by atoms with Gasteiger partial charge >= 0.3 is 5.97 Å². The summed E-state index contributed by atoms with van der Waals surface area (Å²) in [4.78, 5) is 25.2. The van der Waals surface area contributed by atoms with E-state index in [1.807, 2.05) is 21.1 Å². The summed E-state index contributed by atoms with van der Waals surface area (Å²) in [6.07, 6.45) is 56.4. The van der Waals surface area contributed by atoms with Gasteiger partial charge in [-0.25, -0.2) is 0 Å². The lowest BCUT2D eigenvalue weighted by Crippen LogP contribution is -2.37. The fraction of sp³-hybridized carbons (Fsp3) is 0.907. The monoisotopic (exact) mass is 912 g/mol. The first kappa shape index (κ1) is 62.0. The van der Waals surface area contributed by atoms with Crippen molar-refractivity contribution in [2.75, 3.05) is 54.1 Å². The van der Waals surface area contributed by atoms with Gasteiger partial charge in [-0.1, -0.05) is 231 Å². The van der Waals surface area contributed by atoms with E-state index in [4.69, 9.17) is 18.5 Å². The molecular formula is C54H106NO7P. The van der Waals surface area contributed by atoms with E-state index in [-0.39, 0.29) is 25.8 Å². The number of rotatable bonds is 51. The number of ether oxygens (including phenoxy) is 2. The summed E-state index contributed by atoms with van der Waals surface area (Å²) in [7, 11) is 1.36. The smallest absolute Gasteiger partial charge is 0.306 e. The number of allylic oxidation sites excluding steroid dienone is 4. The van der Waals surface area contributed by atoms with E-state index >= 15 is 0 Å². The van der Waals surface area contributed by atoms with Crippen LogP contribution < -0.4 is 4.89 Å². The topological polar surface area (TPSA) is 94.1 Å². The first-order valence-corrected chi connectivity index (χ1v) is 28.5. The Morgan fingerprint density at radius 2 is 0.873 bits per heavy atom. The van der Waals surface area contributed by atoms with Crippen LogP contribution in [0.15, 0.2) is 24.3 Å². The second kappa shape index (κ2) is 47.5. The molecule has 63 heavy (non-hydrogen) atoms. The van der Waals surface area contributed by atoms with Crippen molar-refractivity contribution in [2.24, 2.45) is 0 Å². The van der Waals surface area contributed by atoms with Gasteiger partial charge in [-0.15, -0.1) is 0 Å². The average Bonchev–Trinajstić information content (AvgIpc) is 3.24. The summed E-state index contributed by atoms with van der Waals surface area (Å²) < 4.78 is 34.8. The maximum atomic E-state index is 12.7. The van der Waals surface area contributed by atoms with Crippen LogP contribution in [0.25, 0.3) is 0 Å². The largest absolute Gasteiger partial charge is 0.756 e. The number of likely N-dealkylation sites (N-methyl/N-ethyl adjacent to an activating group) is 1. The van der Waals surface area contributed by atoms with E-state index in [1.165, 1.54) is 193 Å². The number of hydrogen-bond acceptors (Lipinski definition) is 7. The van der Waals surface area contributed by atoms with Crippen molar-refractivity contribution in [2.45, 2.75) is 264 Å². The quantitative estimate of drug-likeness (QED) is 0.0197. The van der Waals surface area contributed by atoms with E-state index in [1.54, 1.807) is 0 Å². The SMILES string of the molecule is CCCCCC/C=C\C/C=C\CCCCCCCCCC(=O)OC(COCCCCCCCCCCCCCCCCCCCCCCCCC)COP(=O)([O-])OCC[N+](C)(C)C. The molecule has 0 aliphatic rings. The van der Waals surface area contributed by atoms with Crippen molar-refractivity contribution < 1.29 is 37.3 Å². The number of carbonyl (C=O) groups is 1. The molecule has 0 N–H and O–H groups in total. The van der Waals surface area contributed by atoms with Crippen molar-refractivity contribution in [1.82, 2.24) is 0 Å². The lowest BCUT2D eigenvalue weighted by molar-refractivity contribution is -0.870. The molecule has 2 atom stereocenters. The molecule has 0 radical (unpaired) electrons. The standard InChI is InChI=1S/C54H106NO7P/c1-6-8-10-12-14-16-18-20-22-24-26-27-28-29-30-32-34-36-38-40-42-44-46-49-59-51-53(52-61-63(57,58)60-50-48-55(3,4)5)62-54(56)47-45-43-41-39-37-35-33-31-25-23-21-19-17-15-13-11-9-7-2/h17,19,23,25,53H,6-16,18,20-22,24,26-52H2,1-5H3/b19-17-,25-23-. The summed E-state index contributed by atoms with van der Waals surface area (Å²) in [5, 5.41) is 0. The molecule has 0 heterocycles. The van der Waals surface area contributed by atoms with Gasteiger partial charge in [0.15, 0.2) is 0 Å². The Balaban J connectivity index is 4.07. The summed E-state index contributed by atoms with van der Waals surface area (Å²) >= 11 is 0. The number of unbranched alkanes of at least 4 members (excludes halogenated alkanes) is 33. The molecule has 0 rings (SSSR count). The fourth-order valence-corrected chi connectivity index (χ4v) is 8.54. The van der Waals surface area contributed by atoms with Gasteiger partial charge in [0, 0.05) is 13.0 Å². The highest BCUT2D eigenvalue weighted by molar-refractivity contribution is 7.45. The minimum atomic E-state index is -4.53. The normalized spacial score (nSPS) is 13.7. The molecule has 0 aliphatic carbocycles. The molecule has 0 fully saturated rings. The van der Waals surface area contributed by atoms with Gasteiger partial charge < -0.3 is 27.9 Å². The number of hydrogen-bond donors (Lipinski definition) is 0. The number of quaternary nitrogens is 1. The van der Waals surface area contributed by atoms with Crippen LogP contribution in [0.1, 0.15) is 258 Å². The number of carbonyl (C=O) groups excluding carboxylic acids is 1. The van der Waals surface area contributed by atoms with E-state index in [0.717, 1.165) is 44.9 Å². The van der Waals surface area contributed by atoms with Crippen molar-refractivity contribution in [3.8, 4) is 0 Å². The molecule has 0 bridgehead atoms. The number of phosphoric ester groups is 1. The van der Waals surface area contributed by atoms with Gasteiger partial charge in [0.05, 0.1) is 34.4 Å². The van der Waals surface area contributed by atoms with Crippen molar-refractivity contribution in [3.63, 3.8) is 0 Å². The predicted molar refractivity (Wildman–Crippen MR) is 268 cm³/mol. The van der Waals surface area contributed by atoms with Crippen molar-refractivity contribution in [1.29, 1.82) is 0 Å². The fourth-order valence-electron chi connectivity index (χ4n) is 7.81. The molecule has 0 aliphatic heterocycles. The molecule has 0 saturated heterocycles. The number of esters is 1. The minimum Gasteiger partial charge on any atom is -0.756 e. The Morgan fingerprint density at radius 3 is 1.30 bits per heavy atom. The van der Waals surface area contributed by atoms with Crippen LogP contribution in [0, 0.1) is 0 Å². The molecule has 9 heteroatoms. The highest BCUT2D eigenvalue weighted by atomic mass is 31.2. The molecular weight excluding hydrogens is 806 g/mol. The highest BCUT2D eigenvalue weighted by Crippen LogP contribution is 2.38. The van der Waals surface area contributed by atoms with Gasteiger partial charge in [0.25, 0.3) is 7.82 Å². The second-order valence-electron chi connectivity index (χ2n) is 19.6.